The summed E-state index contributed by atoms with van der Waals surface area (Å²) in [5, 5.41) is 8.85. The Hall–Kier alpha value is -3.44. The zero-order valence-electron chi connectivity index (χ0n) is 15.9. The van der Waals surface area contributed by atoms with Gasteiger partial charge < -0.3 is 0 Å². The Morgan fingerprint density at radius 3 is 2.38 bits per heavy atom. The topological polar surface area (TPSA) is 86.8 Å². The number of benzene rings is 2. The lowest BCUT2D eigenvalue weighted by Gasteiger charge is -2.12. The molecular weight excluding hydrogens is 469 g/mol. The van der Waals surface area contributed by atoms with Gasteiger partial charge in [-0.1, -0.05) is 23.7 Å². The minimum atomic E-state index is -5.54. The number of nitrogens with zero attached hydrogens (tertiary/aromatic N) is 4. The first kappa shape index (κ1) is 21.8. The standard InChI is InChI=1S/C20H12ClF3N4O3S/c21-13-3-1-5-15(11-13)28-17(7-9-25-28)19-18(29)8-10-27(26-19)14-4-2-6-16(12-14)32(30,31)20(22,23)24/h1-12H. The summed E-state index contributed by atoms with van der Waals surface area (Å²) in [5.74, 6) is 0. The maximum absolute atomic E-state index is 12.9. The molecule has 2 heterocycles. The fourth-order valence-corrected chi connectivity index (χ4v) is 3.94. The predicted octanol–water partition coefficient (Wildman–Crippen LogP) is 4.03. The Bertz CT molecular complexity index is 1480. The number of rotatable bonds is 4. The van der Waals surface area contributed by atoms with E-state index in [9.17, 15) is 26.4 Å². The van der Waals surface area contributed by atoms with Gasteiger partial charge in [0, 0.05) is 17.3 Å². The number of hydrogen-bond donors (Lipinski definition) is 0. The van der Waals surface area contributed by atoms with Crippen molar-refractivity contribution in [2.45, 2.75) is 10.4 Å². The molecule has 32 heavy (non-hydrogen) atoms. The van der Waals surface area contributed by atoms with Crippen molar-refractivity contribution in [3.63, 3.8) is 0 Å². The van der Waals surface area contributed by atoms with E-state index in [0.29, 0.717) is 16.4 Å². The second kappa shape index (κ2) is 7.92. The summed E-state index contributed by atoms with van der Waals surface area (Å²) >= 11 is 6.03. The van der Waals surface area contributed by atoms with E-state index in [2.05, 4.69) is 10.2 Å². The Morgan fingerprint density at radius 1 is 0.938 bits per heavy atom. The fraction of sp³-hybridized carbons (Fsp3) is 0.0500. The van der Waals surface area contributed by atoms with Gasteiger partial charge in [0.2, 0.25) is 5.43 Å². The minimum Gasteiger partial charge on any atom is -0.287 e. The summed E-state index contributed by atoms with van der Waals surface area (Å²) < 4.78 is 64.8. The van der Waals surface area contributed by atoms with Crippen molar-refractivity contribution in [3.8, 4) is 22.8 Å². The minimum absolute atomic E-state index is 0.0189. The van der Waals surface area contributed by atoms with Gasteiger partial charge in [0.15, 0.2) is 5.69 Å². The highest BCUT2D eigenvalue weighted by Gasteiger charge is 2.46. The first-order chi connectivity index (χ1) is 15.1. The van der Waals surface area contributed by atoms with Crippen molar-refractivity contribution in [2.24, 2.45) is 0 Å². The van der Waals surface area contributed by atoms with E-state index in [0.717, 1.165) is 22.9 Å². The Morgan fingerprint density at radius 2 is 1.66 bits per heavy atom. The summed E-state index contributed by atoms with van der Waals surface area (Å²) in [6, 6.07) is 13.6. The van der Waals surface area contributed by atoms with Gasteiger partial charge in [-0.3, -0.25) is 4.79 Å². The Balaban J connectivity index is 1.83. The van der Waals surface area contributed by atoms with Crippen molar-refractivity contribution >= 4 is 21.4 Å². The van der Waals surface area contributed by atoms with Gasteiger partial charge in [-0.15, -0.1) is 0 Å². The van der Waals surface area contributed by atoms with Gasteiger partial charge in [0.25, 0.3) is 9.84 Å². The highest BCUT2D eigenvalue weighted by molar-refractivity contribution is 7.92. The molecule has 4 aromatic rings. The molecule has 0 bridgehead atoms. The molecule has 0 unspecified atom stereocenters. The van der Waals surface area contributed by atoms with Crippen LogP contribution in [0.5, 0.6) is 0 Å². The van der Waals surface area contributed by atoms with Crippen molar-refractivity contribution in [2.75, 3.05) is 0 Å². The zero-order valence-corrected chi connectivity index (χ0v) is 17.4. The van der Waals surface area contributed by atoms with Crippen LogP contribution in [0, 0.1) is 0 Å². The average Bonchev–Trinajstić information content (AvgIpc) is 3.23. The lowest BCUT2D eigenvalue weighted by Crippen LogP contribution is -2.23. The van der Waals surface area contributed by atoms with Crippen LogP contribution in [-0.2, 0) is 9.84 Å². The van der Waals surface area contributed by atoms with Crippen LogP contribution in [-0.4, -0.2) is 33.5 Å². The number of alkyl halides is 3. The maximum Gasteiger partial charge on any atom is 0.501 e. The summed E-state index contributed by atoms with van der Waals surface area (Å²) in [6.45, 7) is 0. The van der Waals surface area contributed by atoms with E-state index in [1.165, 1.54) is 29.2 Å². The maximum atomic E-state index is 12.9. The molecule has 0 saturated carbocycles. The molecule has 2 aromatic carbocycles. The molecule has 0 aliphatic heterocycles. The molecule has 0 amide bonds. The molecule has 164 valence electrons. The van der Waals surface area contributed by atoms with Crippen LogP contribution in [0.15, 0.2) is 82.7 Å². The van der Waals surface area contributed by atoms with Crippen LogP contribution in [0.3, 0.4) is 0 Å². The number of aromatic nitrogens is 4. The van der Waals surface area contributed by atoms with E-state index in [1.807, 2.05) is 0 Å². The summed E-state index contributed by atoms with van der Waals surface area (Å²) in [7, 11) is -5.54. The van der Waals surface area contributed by atoms with Gasteiger partial charge >= 0.3 is 5.51 Å². The van der Waals surface area contributed by atoms with E-state index in [-0.39, 0.29) is 11.4 Å². The second-order valence-electron chi connectivity index (χ2n) is 6.53. The van der Waals surface area contributed by atoms with Gasteiger partial charge in [0.1, 0.15) is 0 Å². The lowest BCUT2D eigenvalue weighted by molar-refractivity contribution is -0.0436. The molecule has 0 atom stereocenters. The first-order valence-electron chi connectivity index (χ1n) is 8.90. The fourth-order valence-electron chi connectivity index (χ4n) is 2.95. The molecule has 0 fully saturated rings. The lowest BCUT2D eigenvalue weighted by atomic mass is 10.2. The molecule has 12 heteroatoms. The Labute approximate surface area is 184 Å². The molecule has 0 spiro atoms. The van der Waals surface area contributed by atoms with Crippen LogP contribution in [0.1, 0.15) is 0 Å². The van der Waals surface area contributed by atoms with Gasteiger partial charge in [0.05, 0.1) is 28.2 Å². The average molecular weight is 481 g/mol. The van der Waals surface area contributed by atoms with Crippen LogP contribution >= 0.6 is 11.6 Å². The number of sulfone groups is 1. The molecule has 0 aliphatic carbocycles. The van der Waals surface area contributed by atoms with Crippen molar-refractivity contribution < 1.29 is 21.6 Å². The highest BCUT2D eigenvalue weighted by Crippen LogP contribution is 2.31. The van der Waals surface area contributed by atoms with Crippen LogP contribution < -0.4 is 5.43 Å². The van der Waals surface area contributed by atoms with Crippen LogP contribution in [0.4, 0.5) is 13.2 Å². The summed E-state index contributed by atoms with van der Waals surface area (Å²) in [5.41, 5.74) is -5.07. The molecule has 0 radical (unpaired) electrons. The SMILES string of the molecule is O=c1ccn(-c2cccc(S(=O)(=O)C(F)(F)F)c2)nc1-c1ccnn1-c1cccc(Cl)c1. The molecule has 0 aliphatic rings. The van der Waals surface area contributed by atoms with Gasteiger partial charge in [-0.25, -0.2) is 17.8 Å². The quantitative estimate of drug-likeness (QED) is 0.440. The number of halogens is 4. The monoisotopic (exact) mass is 480 g/mol. The highest BCUT2D eigenvalue weighted by atomic mass is 35.5. The smallest absolute Gasteiger partial charge is 0.287 e. The molecule has 0 N–H and O–H groups in total. The van der Waals surface area contributed by atoms with Gasteiger partial charge in [-0.2, -0.15) is 23.4 Å². The van der Waals surface area contributed by atoms with E-state index in [1.54, 1.807) is 30.3 Å². The number of hydrogen-bond acceptors (Lipinski definition) is 5. The summed E-state index contributed by atoms with van der Waals surface area (Å²) in [4.78, 5) is 11.6. The third kappa shape index (κ3) is 3.92. The first-order valence-corrected chi connectivity index (χ1v) is 10.8. The summed E-state index contributed by atoms with van der Waals surface area (Å²) in [6.07, 6.45) is 2.68. The molecular formula is C20H12ClF3N4O3S. The Kier molecular flexibility index (Phi) is 5.39. The molecule has 2 aromatic heterocycles. The molecule has 4 rings (SSSR count). The van der Waals surface area contributed by atoms with Crippen LogP contribution in [0.2, 0.25) is 5.02 Å². The molecule has 7 nitrogen and oxygen atoms in total. The van der Waals surface area contributed by atoms with E-state index >= 15 is 0 Å². The van der Waals surface area contributed by atoms with Crippen molar-refractivity contribution in [3.05, 3.63) is 88.3 Å². The third-order valence-corrected chi connectivity index (χ3v) is 6.16. The second-order valence-corrected chi connectivity index (χ2v) is 8.91. The third-order valence-electron chi connectivity index (χ3n) is 4.44. The van der Waals surface area contributed by atoms with E-state index < -0.39 is 25.7 Å². The van der Waals surface area contributed by atoms with Crippen molar-refractivity contribution in [1.82, 2.24) is 19.6 Å². The van der Waals surface area contributed by atoms with Crippen molar-refractivity contribution in [1.29, 1.82) is 0 Å². The normalized spacial score (nSPS) is 12.1. The van der Waals surface area contributed by atoms with E-state index in [4.69, 9.17) is 11.6 Å². The predicted molar refractivity (Wildman–Crippen MR) is 111 cm³/mol. The molecule has 0 saturated heterocycles. The van der Waals surface area contributed by atoms with Gasteiger partial charge in [-0.05, 0) is 42.5 Å². The van der Waals surface area contributed by atoms with Crippen LogP contribution in [0.25, 0.3) is 22.8 Å². The largest absolute Gasteiger partial charge is 0.501 e. The zero-order chi connectivity index (χ0) is 23.1.